The van der Waals surface area contributed by atoms with Gasteiger partial charge in [0.1, 0.15) is 0 Å². The van der Waals surface area contributed by atoms with Crippen LogP contribution in [0.1, 0.15) is 47.0 Å². The van der Waals surface area contributed by atoms with Gasteiger partial charge < -0.3 is 15.4 Å². The Kier molecular flexibility index (Phi) is 4.62. The fourth-order valence-corrected chi connectivity index (χ4v) is 1.98. The summed E-state index contributed by atoms with van der Waals surface area (Å²) in [5.41, 5.74) is 5.78. The van der Waals surface area contributed by atoms with E-state index in [2.05, 4.69) is 33.7 Å². The van der Waals surface area contributed by atoms with E-state index in [1.54, 1.807) is 0 Å². The van der Waals surface area contributed by atoms with Crippen molar-refractivity contribution in [2.24, 2.45) is 5.92 Å². The molecule has 0 aliphatic heterocycles. The maximum atomic E-state index is 5.78. The minimum absolute atomic E-state index is 0.0229. The second kappa shape index (κ2) is 6.24. The molecule has 1 aromatic rings. The molecular weight excluding hydrogens is 254 g/mol. The molecule has 0 atom stereocenters. The highest BCUT2D eigenvalue weighted by atomic mass is 16.5. The number of nitrogens with zero attached hydrogens (tertiary/aromatic N) is 4. The molecule has 0 saturated heterocycles. The maximum absolute atomic E-state index is 5.78. The van der Waals surface area contributed by atoms with Crippen molar-refractivity contribution in [1.29, 1.82) is 0 Å². The van der Waals surface area contributed by atoms with Crippen LogP contribution in [0, 0.1) is 5.92 Å². The number of ether oxygens (including phenoxy) is 1. The molecule has 6 nitrogen and oxygen atoms in total. The molecule has 1 aliphatic carbocycles. The largest absolute Gasteiger partial charge is 0.461 e. The Labute approximate surface area is 120 Å². The Morgan fingerprint density at radius 2 is 1.90 bits per heavy atom. The van der Waals surface area contributed by atoms with E-state index in [4.69, 9.17) is 10.5 Å². The van der Waals surface area contributed by atoms with Gasteiger partial charge in [0.15, 0.2) is 0 Å². The van der Waals surface area contributed by atoms with Crippen LogP contribution in [-0.4, -0.2) is 33.6 Å². The van der Waals surface area contributed by atoms with E-state index in [1.807, 2.05) is 13.8 Å². The van der Waals surface area contributed by atoms with Gasteiger partial charge in [0.05, 0.1) is 6.10 Å². The van der Waals surface area contributed by atoms with Gasteiger partial charge in [-0.1, -0.05) is 13.8 Å². The van der Waals surface area contributed by atoms with Gasteiger partial charge >= 0.3 is 6.01 Å². The first-order chi connectivity index (χ1) is 9.45. The van der Waals surface area contributed by atoms with Gasteiger partial charge in [0, 0.05) is 12.6 Å². The van der Waals surface area contributed by atoms with Gasteiger partial charge in [-0.25, -0.2) is 0 Å². The number of aromatic nitrogens is 3. The molecule has 1 aromatic heterocycles. The van der Waals surface area contributed by atoms with Crippen molar-refractivity contribution in [2.75, 3.05) is 17.2 Å². The first-order valence-corrected chi connectivity index (χ1v) is 7.40. The van der Waals surface area contributed by atoms with Crippen LogP contribution in [0.4, 0.5) is 11.9 Å². The minimum Gasteiger partial charge on any atom is -0.461 e. The highest BCUT2D eigenvalue weighted by Crippen LogP contribution is 2.31. The zero-order chi connectivity index (χ0) is 14.7. The van der Waals surface area contributed by atoms with E-state index >= 15 is 0 Å². The summed E-state index contributed by atoms with van der Waals surface area (Å²) >= 11 is 0. The molecule has 0 aromatic carbocycles. The molecule has 2 N–H and O–H groups in total. The molecule has 0 amide bonds. The first-order valence-electron chi connectivity index (χ1n) is 7.40. The van der Waals surface area contributed by atoms with Gasteiger partial charge in [0.2, 0.25) is 11.9 Å². The lowest BCUT2D eigenvalue weighted by Crippen LogP contribution is -2.30. The van der Waals surface area contributed by atoms with E-state index in [9.17, 15) is 0 Å². The zero-order valence-corrected chi connectivity index (χ0v) is 12.8. The predicted molar refractivity (Wildman–Crippen MR) is 79.8 cm³/mol. The van der Waals surface area contributed by atoms with Crippen molar-refractivity contribution < 1.29 is 4.74 Å². The summed E-state index contributed by atoms with van der Waals surface area (Å²) < 4.78 is 5.54. The third kappa shape index (κ3) is 4.21. The van der Waals surface area contributed by atoms with Crippen molar-refractivity contribution in [2.45, 2.75) is 59.1 Å². The van der Waals surface area contributed by atoms with Gasteiger partial charge in [0.25, 0.3) is 0 Å². The van der Waals surface area contributed by atoms with Crippen molar-refractivity contribution >= 4 is 11.9 Å². The lowest BCUT2D eigenvalue weighted by molar-refractivity contribution is 0.222. The smallest absolute Gasteiger partial charge is 0.323 e. The van der Waals surface area contributed by atoms with Gasteiger partial charge in [-0.3, -0.25) is 0 Å². The second-order valence-electron chi connectivity index (χ2n) is 6.05. The van der Waals surface area contributed by atoms with Crippen molar-refractivity contribution in [3.05, 3.63) is 0 Å². The fourth-order valence-electron chi connectivity index (χ4n) is 1.98. The maximum Gasteiger partial charge on any atom is 0.323 e. The average Bonchev–Trinajstić information content (AvgIpc) is 3.11. The predicted octanol–water partition coefficient (Wildman–Crippen LogP) is 2.26. The van der Waals surface area contributed by atoms with Crippen LogP contribution in [-0.2, 0) is 0 Å². The molecule has 0 bridgehead atoms. The molecular formula is C14H25N5O. The monoisotopic (exact) mass is 279 g/mol. The first kappa shape index (κ1) is 14.8. The highest BCUT2D eigenvalue weighted by molar-refractivity contribution is 5.38. The lowest BCUT2D eigenvalue weighted by Gasteiger charge is -2.23. The van der Waals surface area contributed by atoms with E-state index in [0.717, 1.165) is 13.0 Å². The number of rotatable bonds is 7. The van der Waals surface area contributed by atoms with Crippen molar-refractivity contribution in [3.8, 4) is 6.01 Å². The van der Waals surface area contributed by atoms with Crippen LogP contribution in [0.25, 0.3) is 0 Å². The molecule has 1 heterocycles. The molecule has 1 fully saturated rings. The summed E-state index contributed by atoms with van der Waals surface area (Å²) in [5.74, 6) is 1.53. The average molecular weight is 279 g/mol. The van der Waals surface area contributed by atoms with Crippen LogP contribution >= 0.6 is 0 Å². The highest BCUT2D eigenvalue weighted by Gasteiger charge is 2.31. The summed E-state index contributed by atoms with van der Waals surface area (Å²) in [4.78, 5) is 15.0. The van der Waals surface area contributed by atoms with Gasteiger partial charge in [-0.15, -0.1) is 0 Å². The van der Waals surface area contributed by atoms with Crippen LogP contribution in [0.5, 0.6) is 6.01 Å². The lowest BCUT2D eigenvalue weighted by atomic mass is 10.1. The summed E-state index contributed by atoms with van der Waals surface area (Å²) in [7, 11) is 0. The molecule has 20 heavy (non-hydrogen) atoms. The normalized spacial score (nSPS) is 14.9. The topological polar surface area (TPSA) is 77.2 Å². The van der Waals surface area contributed by atoms with Gasteiger partial charge in [-0.2, -0.15) is 15.0 Å². The quantitative estimate of drug-likeness (QED) is 0.825. The zero-order valence-electron chi connectivity index (χ0n) is 12.8. The van der Waals surface area contributed by atoms with Crippen molar-refractivity contribution in [1.82, 2.24) is 15.0 Å². The molecule has 0 radical (unpaired) electrons. The standard InChI is InChI=1S/C14H25N5O/c1-9(2)7-8-19(11-5-6-11)13-16-12(15)17-14(18-13)20-10(3)4/h9-11H,5-8H2,1-4H3,(H2,15,16,17,18). The summed E-state index contributed by atoms with van der Waals surface area (Å²) in [6, 6.07) is 0.861. The van der Waals surface area contributed by atoms with E-state index in [1.165, 1.54) is 12.8 Å². The number of hydrogen-bond acceptors (Lipinski definition) is 6. The minimum atomic E-state index is 0.0229. The second-order valence-corrected chi connectivity index (χ2v) is 6.05. The summed E-state index contributed by atoms with van der Waals surface area (Å²) in [6.45, 7) is 9.28. The molecule has 2 rings (SSSR count). The summed E-state index contributed by atoms with van der Waals surface area (Å²) in [6.07, 6.45) is 3.53. The van der Waals surface area contributed by atoms with Crippen molar-refractivity contribution in [3.63, 3.8) is 0 Å². The number of nitrogens with two attached hydrogens (primary N) is 1. The Balaban J connectivity index is 2.16. The molecule has 112 valence electrons. The molecule has 0 unspecified atom stereocenters. The van der Waals surface area contributed by atoms with Crippen LogP contribution in [0.15, 0.2) is 0 Å². The van der Waals surface area contributed by atoms with Crippen LogP contribution in [0.3, 0.4) is 0 Å². The Hall–Kier alpha value is -1.59. The Morgan fingerprint density at radius 1 is 1.20 bits per heavy atom. The number of anilines is 2. The number of hydrogen-bond donors (Lipinski definition) is 1. The van der Waals surface area contributed by atoms with Gasteiger partial charge in [-0.05, 0) is 39.0 Å². The molecule has 6 heteroatoms. The van der Waals surface area contributed by atoms with E-state index in [0.29, 0.717) is 23.9 Å². The van der Waals surface area contributed by atoms with E-state index < -0.39 is 0 Å². The molecule has 1 aliphatic rings. The SMILES string of the molecule is CC(C)CCN(c1nc(N)nc(OC(C)C)n1)C1CC1. The Bertz CT molecular complexity index is 445. The van der Waals surface area contributed by atoms with E-state index in [-0.39, 0.29) is 12.1 Å². The third-order valence-corrected chi connectivity index (χ3v) is 3.15. The number of nitrogen functional groups attached to an aromatic ring is 1. The Morgan fingerprint density at radius 3 is 2.45 bits per heavy atom. The summed E-state index contributed by atoms with van der Waals surface area (Å²) in [5, 5.41) is 0. The fraction of sp³-hybridized carbons (Fsp3) is 0.786. The van der Waals surface area contributed by atoms with Crippen LogP contribution in [0.2, 0.25) is 0 Å². The molecule has 1 saturated carbocycles. The third-order valence-electron chi connectivity index (χ3n) is 3.15. The van der Waals surface area contributed by atoms with Crippen LogP contribution < -0.4 is 15.4 Å². The molecule has 0 spiro atoms.